The Bertz CT molecular complexity index is 531. The van der Waals surface area contributed by atoms with Crippen molar-refractivity contribution in [2.75, 3.05) is 20.0 Å². The molecule has 1 rings (SSSR count). The molecule has 6 heteroatoms. The van der Waals surface area contributed by atoms with Gasteiger partial charge in [0.15, 0.2) is 9.84 Å². The Labute approximate surface area is 101 Å². The molecule has 0 atom stereocenters. The molecule has 1 aromatic rings. The first-order valence-electron chi connectivity index (χ1n) is 4.87. The number of sulfone groups is 1. The van der Waals surface area contributed by atoms with Crippen molar-refractivity contribution in [3.63, 3.8) is 0 Å². The van der Waals surface area contributed by atoms with Crippen LogP contribution in [-0.2, 0) is 9.84 Å². The monoisotopic (exact) mass is 255 g/mol. The Morgan fingerprint density at radius 3 is 2.53 bits per heavy atom. The summed E-state index contributed by atoms with van der Waals surface area (Å²) in [4.78, 5) is 0.0506. The summed E-state index contributed by atoms with van der Waals surface area (Å²) in [5.74, 6) is 0.456. The summed E-state index contributed by atoms with van der Waals surface area (Å²) >= 11 is 0. The van der Waals surface area contributed by atoms with Crippen LogP contribution in [0.15, 0.2) is 23.1 Å². The number of hydrogen-bond acceptors (Lipinski definition) is 5. The van der Waals surface area contributed by atoms with Crippen molar-refractivity contribution in [2.45, 2.75) is 11.3 Å². The molecular weight excluding hydrogens is 242 g/mol. The molecule has 0 N–H and O–H groups in total. The van der Waals surface area contributed by atoms with Crippen molar-refractivity contribution in [3.8, 4) is 17.6 Å². The van der Waals surface area contributed by atoms with Crippen LogP contribution in [0, 0.1) is 11.3 Å². The van der Waals surface area contributed by atoms with Gasteiger partial charge in [0, 0.05) is 12.5 Å². The van der Waals surface area contributed by atoms with E-state index in [2.05, 4.69) is 0 Å². The number of nitriles is 1. The van der Waals surface area contributed by atoms with Crippen LogP contribution in [0.4, 0.5) is 0 Å². The molecule has 0 amide bonds. The van der Waals surface area contributed by atoms with Gasteiger partial charge in [-0.15, -0.1) is 0 Å². The largest absolute Gasteiger partial charge is 0.497 e. The zero-order valence-corrected chi connectivity index (χ0v) is 10.5. The molecule has 17 heavy (non-hydrogen) atoms. The topological polar surface area (TPSA) is 76.4 Å². The van der Waals surface area contributed by atoms with Crippen LogP contribution >= 0.6 is 0 Å². The number of methoxy groups -OCH3 is 2. The summed E-state index contributed by atoms with van der Waals surface area (Å²) in [6.45, 7) is 0. The number of nitrogens with zero attached hydrogens (tertiary/aromatic N) is 1. The Morgan fingerprint density at radius 1 is 1.29 bits per heavy atom. The molecule has 0 aromatic heterocycles. The van der Waals surface area contributed by atoms with Gasteiger partial charge in [-0.25, -0.2) is 8.42 Å². The summed E-state index contributed by atoms with van der Waals surface area (Å²) in [5, 5.41) is 8.43. The van der Waals surface area contributed by atoms with Crippen LogP contribution < -0.4 is 9.47 Å². The van der Waals surface area contributed by atoms with E-state index in [-0.39, 0.29) is 22.8 Å². The Hall–Kier alpha value is -1.74. The minimum atomic E-state index is -3.53. The molecule has 5 nitrogen and oxygen atoms in total. The van der Waals surface area contributed by atoms with Crippen LogP contribution in [0.1, 0.15) is 6.42 Å². The van der Waals surface area contributed by atoms with Crippen molar-refractivity contribution in [1.29, 1.82) is 5.26 Å². The van der Waals surface area contributed by atoms with Gasteiger partial charge < -0.3 is 9.47 Å². The van der Waals surface area contributed by atoms with E-state index in [1.165, 1.54) is 26.4 Å². The van der Waals surface area contributed by atoms with E-state index in [0.29, 0.717) is 5.75 Å². The van der Waals surface area contributed by atoms with Gasteiger partial charge in [-0.1, -0.05) is 0 Å². The quantitative estimate of drug-likeness (QED) is 0.794. The van der Waals surface area contributed by atoms with Gasteiger partial charge in [-0.05, 0) is 12.1 Å². The van der Waals surface area contributed by atoms with E-state index in [0.717, 1.165) is 0 Å². The Balaban J connectivity index is 3.23. The molecule has 0 aliphatic carbocycles. The van der Waals surface area contributed by atoms with Crippen LogP contribution in [0.5, 0.6) is 11.5 Å². The fraction of sp³-hybridized carbons (Fsp3) is 0.364. The van der Waals surface area contributed by atoms with Crippen molar-refractivity contribution in [3.05, 3.63) is 18.2 Å². The number of rotatable bonds is 5. The maximum Gasteiger partial charge on any atom is 0.183 e. The van der Waals surface area contributed by atoms with Crippen LogP contribution in [0.2, 0.25) is 0 Å². The van der Waals surface area contributed by atoms with Crippen molar-refractivity contribution in [1.82, 2.24) is 0 Å². The van der Waals surface area contributed by atoms with Gasteiger partial charge in [0.05, 0.1) is 26.0 Å². The molecule has 0 heterocycles. The lowest BCUT2D eigenvalue weighted by Gasteiger charge is -2.10. The SMILES string of the molecule is COc1ccc(OC)c(S(=O)(=O)CCC#N)c1. The van der Waals surface area contributed by atoms with Crippen molar-refractivity contribution in [2.24, 2.45) is 0 Å². The second-order valence-corrected chi connectivity index (χ2v) is 5.32. The average Bonchev–Trinajstić information content (AvgIpc) is 2.35. The molecule has 0 saturated carbocycles. The van der Waals surface area contributed by atoms with Crippen molar-refractivity contribution >= 4 is 9.84 Å². The minimum Gasteiger partial charge on any atom is -0.497 e. The Kier molecular flexibility index (Phi) is 4.35. The summed E-state index contributed by atoms with van der Waals surface area (Å²) < 4.78 is 33.9. The molecule has 0 bridgehead atoms. The smallest absolute Gasteiger partial charge is 0.183 e. The maximum atomic E-state index is 12.0. The predicted molar refractivity (Wildman–Crippen MR) is 61.8 cm³/mol. The van der Waals surface area contributed by atoms with E-state index in [1.807, 2.05) is 6.07 Å². The lowest BCUT2D eigenvalue weighted by atomic mass is 10.3. The zero-order valence-electron chi connectivity index (χ0n) is 9.63. The van der Waals surface area contributed by atoms with Crippen LogP contribution in [-0.4, -0.2) is 28.4 Å². The van der Waals surface area contributed by atoms with Gasteiger partial charge in [-0.2, -0.15) is 5.26 Å². The number of hydrogen-bond donors (Lipinski definition) is 0. The second-order valence-electron chi connectivity index (χ2n) is 3.24. The lowest BCUT2D eigenvalue weighted by Crippen LogP contribution is -2.08. The first-order chi connectivity index (χ1) is 8.05. The van der Waals surface area contributed by atoms with Crippen LogP contribution in [0.25, 0.3) is 0 Å². The molecule has 92 valence electrons. The molecule has 1 aromatic carbocycles. The summed E-state index contributed by atoms with van der Waals surface area (Å²) in [6, 6.07) is 6.34. The first kappa shape index (κ1) is 13.3. The highest BCUT2D eigenvalue weighted by atomic mass is 32.2. The van der Waals surface area contributed by atoms with Gasteiger partial charge in [-0.3, -0.25) is 0 Å². The van der Waals surface area contributed by atoms with Crippen LogP contribution in [0.3, 0.4) is 0 Å². The number of ether oxygens (including phenoxy) is 2. The Morgan fingerprint density at radius 2 is 2.00 bits per heavy atom. The molecule has 0 aliphatic rings. The lowest BCUT2D eigenvalue weighted by molar-refractivity contribution is 0.392. The molecule has 0 radical (unpaired) electrons. The summed E-state index contributed by atoms with van der Waals surface area (Å²) in [7, 11) is -0.679. The fourth-order valence-electron chi connectivity index (χ4n) is 1.32. The summed E-state index contributed by atoms with van der Waals surface area (Å²) in [5.41, 5.74) is 0. The van der Waals surface area contributed by atoms with Gasteiger partial charge in [0.2, 0.25) is 0 Å². The zero-order chi connectivity index (χ0) is 12.9. The molecule has 0 unspecified atom stereocenters. The normalized spacial score (nSPS) is 10.6. The highest BCUT2D eigenvalue weighted by Gasteiger charge is 2.20. The third kappa shape index (κ3) is 3.11. The third-order valence-corrected chi connectivity index (χ3v) is 3.92. The van der Waals surface area contributed by atoms with E-state index in [9.17, 15) is 8.42 Å². The molecular formula is C11H13NO4S. The van der Waals surface area contributed by atoms with Gasteiger partial charge in [0.1, 0.15) is 16.4 Å². The molecule has 0 saturated heterocycles. The van der Waals surface area contributed by atoms with E-state index in [4.69, 9.17) is 14.7 Å². The molecule has 0 fully saturated rings. The summed E-state index contributed by atoms with van der Waals surface area (Å²) in [6.07, 6.45) is -0.0529. The maximum absolute atomic E-state index is 12.0. The second kappa shape index (κ2) is 5.55. The molecule has 0 spiro atoms. The fourth-order valence-corrected chi connectivity index (χ4v) is 2.65. The first-order valence-corrected chi connectivity index (χ1v) is 6.52. The van der Waals surface area contributed by atoms with Crippen molar-refractivity contribution < 1.29 is 17.9 Å². The number of benzene rings is 1. The van der Waals surface area contributed by atoms with E-state index >= 15 is 0 Å². The van der Waals surface area contributed by atoms with E-state index < -0.39 is 9.84 Å². The highest BCUT2D eigenvalue weighted by molar-refractivity contribution is 7.91. The van der Waals surface area contributed by atoms with E-state index in [1.54, 1.807) is 6.07 Å². The predicted octanol–water partition coefficient (Wildman–Crippen LogP) is 1.39. The average molecular weight is 255 g/mol. The van der Waals surface area contributed by atoms with Gasteiger partial charge in [0.25, 0.3) is 0 Å². The minimum absolute atomic E-state index is 0.0506. The third-order valence-electron chi connectivity index (χ3n) is 2.19. The van der Waals surface area contributed by atoms with Gasteiger partial charge >= 0.3 is 0 Å². The highest BCUT2D eigenvalue weighted by Crippen LogP contribution is 2.29. The molecule has 0 aliphatic heterocycles. The standard InChI is InChI=1S/C11H13NO4S/c1-15-9-4-5-10(16-2)11(8-9)17(13,14)7-3-6-12/h4-5,8H,3,7H2,1-2H3.